The van der Waals surface area contributed by atoms with Gasteiger partial charge in [-0.2, -0.15) is 0 Å². The minimum atomic E-state index is -0.0142. The molecule has 2 aromatic carbocycles. The lowest BCUT2D eigenvalue weighted by molar-refractivity contribution is 0.0869. The first-order valence-electron chi connectivity index (χ1n) is 13.1. The highest BCUT2D eigenvalue weighted by Crippen LogP contribution is 2.40. The van der Waals surface area contributed by atoms with Crippen LogP contribution in [0.15, 0.2) is 42.6 Å². The van der Waals surface area contributed by atoms with Gasteiger partial charge in [0.05, 0.1) is 47.8 Å². The summed E-state index contributed by atoms with van der Waals surface area (Å²) in [5.41, 5.74) is 14.0. The molecule has 4 N–H and O–H groups in total. The van der Waals surface area contributed by atoms with Gasteiger partial charge in [0.1, 0.15) is 5.75 Å². The van der Waals surface area contributed by atoms with Crippen LogP contribution in [0.2, 0.25) is 0 Å². The third-order valence-electron chi connectivity index (χ3n) is 6.75. The van der Waals surface area contributed by atoms with Gasteiger partial charge in [-0.1, -0.05) is 18.2 Å². The Kier molecular flexibility index (Phi) is 7.40. The molecule has 0 spiro atoms. The molecule has 200 valence electrons. The maximum Gasteiger partial charge on any atom is 0.227 e. The number of nitrogens with zero attached hydrogens (tertiary/aromatic N) is 4. The van der Waals surface area contributed by atoms with Crippen LogP contribution in [-0.4, -0.2) is 59.3 Å². The summed E-state index contributed by atoms with van der Waals surface area (Å²) in [4.78, 5) is 11.6. The van der Waals surface area contributed by atoms with Crippen molar-refractivity contribution < 1.29 is 9.47 Å². The van der Waals surface area contributed by atoms with E-state index in [4.69, 9.17) is 20.2 Å². The highest BCUT2D eigenvalue weighted by Gasteiger charge is 2.23. The number of benzene rings is 2. The molecule has 0 aliphatic carbocycles. The molecule has 1 aliphatic rings. The van der Waals surface area contributed by atoms with Crippen molar-refractivity contribution in [3.8, 4) is 17.0 Å². The number of hydrogen-bond acceptors (Lipinski definition) is 8. The Morgan fingerprint density at radius 1 is 1.21 bits per heavy atom. The average Bonchev–Trinajstić information content (AvgIpc) is 3.23. The normalized spacial score (nSPS) is 13.2. The SMILES string of the molecule is Cc1c(N)c(NCCN(C)C)cc(OC(C)C)c1Nc1nccc(-c2c3n(c4ccccc24)CCOC3)n1. The number of nitrogens with two attached hydrogens (primary N) is 1. The number of hydrogen-bond donors (Lipinski definition) is 3. The Labute approximate surface area is 224 Å². The molecule has 4 aromatic rings. The minimum absolute atomic E-state index is 0.0142. The van der Waals surface area contributed by atoms with Crippen molar-refractivity contribution in [2.45, 2.75) is 40.0 Å². The monoisotopic (exact) mass is 515 g/mol. The van der Waals surface area contributed by atoms with Crippen LogP contribution in [0.4, 0.5) is 23.0 Å². The average molecular weight is 516 g/mol. The summed E-state index contributed by atoms with van der Waals surface area (Å²) in [5.74, 6) is 1.18. The van der Waals surface area contributed by atoms with Gasteiger partial charge in [0, 0.05) is 53.9 Å². The van der Waals surface area contributed by atoms with Gasteiger partial charge in [-0.15, -0.1) is 0 Å². The van der Waals surface area contributed by atoms with Gasteiger partial charge in [0.15, 0.2) is 0 Å². The molecule has 1 aliphatic heterocycles. The number of rotatable bonds is 9. The van der Waals surface area contributed by atoms with Crippen molar-refractivity contribution in [1.82, 2.24) is 19.4 Å². The molecule has 9 nitrogen and oxygen atoms in total. The van der Waals surface area contributed by atoms with Crippen molar-refractivity contribution >= 4 is 33.9 Å². The summed E-state index contributed by atoms with van der Waals surface area (Å²) >= 11 is 0. The van der Waals surface area contributed by atoms with E-state index in [1.165, 1.54) is 5.52 Å². The van der Waals surface area contributed by atoms with Gasteiger partial charge >= 0.3 is 0 Å². The standard InChI is InChI=1S/C29H37N7O2/c1-18(2)38-25-16-22(31-12-13-35(4)5)27(30)19(3)28(25)34-29-32-11-10-21(33-29)26-20-8-6-7-9-23(20)36-14-15-37-17-24(26)36/h6-11,16,18,31H,12-15,17,30H2,1-5H3,(H,32,33,34). The second-order valence-corrected chi connectivity index (χ2v) is 10.2. The Hall–Kier alpha value is -3.82. The molecule has 0 saturated heterocycles. The Morgan fingerprint density at radius 3 is 2.82 bits per heavy atom. The van der Waals surface area contributed by atoms with Crippen LogP contribution in [0.1, 0.15) is 25.1 Å². The van der Waals surface area contributed by atoms with Crippen LogP contribution in [0.25, 0.3) is 22.2 Å². The molecular formula is C29H37N7O2. The van der Waals surface area contributed by atoms with E-state index in [0.717, 1.165) is 58.9 Å². The van der Waals surface area contributed by atoms with Crippen molar-refractivity contribution in [3.05, 3.63) is 53.9 Å². The molecule has 0 amide bonds. The van der Waals surface area contributed by atoms with Crippen LogP contribution in [-0.2, 0) is 17.9 Å². The Morgan fingerprint density at radius 2 is 2.03 bits per heavy atom. The summed E-state index contributed by atoms with van der Waals surface area (Å²) in [6.45, 7) is 9.76. The van der Waals surface area contributed by atoms with Crippen molar-refractivity contribution in [3.63, 3.8) is 0 Å². The molecule has 0 saturated carbocycles. The lowest BCUT2D eigenvalue weighted by Crippen LogP contribution is -2.21. The zero-order valence-corrected chi connectivity index (χ0v) is 22.8. The van der Waals surface area contributed by atoms with Crippen LogP contribution >= 0.6 is 0 Å². The molecule has 0 fully saturated rings. The predicted molar refractivity (Wildman–Crippen MR) is 154 cm³/mol. The van der Waals surface area contributed by atoms with E-state index < -0.39 is 0 Å². The summed E-state index contributed by atoms with van der Waals surface area (Å²) in [7, 11) is 4.09. The lowest BCUT2D eigenvalue weighted by atomic mass is 10.1. The number of likely N-dealkylation sites (N-methyl/N-ethyl adjacent to an activating group) is 1. The minimum Gasteiger partial charge on any atom is -0.489 e. The van der Waals surface area contributed by atoms with Gasteiger partial charge in [-0.05, 0) is 47.0 Å². The second kappa shape index (κ2) is 10.9. The molecule has 2 aromatic heterocycles. The number of ether oxygens (including phenoxy) is 2. The molecule has 5 rings (SSSR count). The highest BCUT2D eigenvalue weighted by atomic mass is 16.5. The van der Waals surface area contributed by atoms with E-state index in [9.17, 15) is 0 Å². The highest BCUT2D eigenvalue weighted by molar-refractivity contribution is 5.97. The topological polar surface area (TPSA) is 102 Å². The third kappa shape index (κ3) is 5.12. The lowest BCUT2D eigenvalue weighted by Gasteiger charge is -2.22. The summed E-state index contributed by atoms with van der Waals surface area (Å²) in [5, 5.41) is 8.02. The van der Waals surface area contributed by atoms with Crippen molar-refractivity contribution in [2.24, 2.45) is 0 Å². The summed E-state index contributed by atoms with van der Waals surface area (Å²) in [6.07, 6.45) is 1.77. The predicted octanol–water partition coefficient (Wildman–Crippen LogP) is 5.02. The van der Waals surface area contributed by atoms with Crippen LogP contribution in [0.3, 0.4) is 0 Å². The zero-order chi connectivity index (χ0) is 26.8. The second-order valence-electron chi connectivity index (χ2n) is 10.2. The Balaban J connectivity index is 1.52. The first kappa shape index (κ1) is 25.8. The fourth-order valence-corrected chi connectivity index (χ4v) is 4.91. The van der Waals surface area contributed by atoms with E-state index in [-0.39, 0.29) is 6.10 Å². The van der Waals surface area contributed by atoms with Gasteiger partial charge in [0.25, 0.3) is 0 Å². The maximum absolute atomic E-state index is 6.57. The number of fused-ring (bicyclic) bond motifs is 3. The van der Waals surface area contributed by atoms with Gasteiger partial charge in [-0.3, -0.25) is 0 Å². The summed E-state index contributed by atoms with van der Waals surface area (Å²) in [6, 6.07) is 12.3. The van der Waals surface area contributed by atoms with Crippen molar-refractivity contribution in [1.29, 1.82) is 0 Å². The number of anilines is 4. The third-order valence-corrected chi connectivity index (χ3v) is 6.75. The van der Waals surface area contributed by atoms with E-state index >= 15 is 0 Å². The molecule has 0 radical (unpaired) electrons. The molecule has 0 bridgehead atoms. The molecule has 0 atom stereocenters. The molecule has 38 heavy (non-hydrogen) atoms. The quantitative estimate of drug-likeness (QED) is 0.267. The first-order chi connectivity index (χ1) is 18.3. The van der Waals surface area contributed by atoms with E-state index in [2.05, 4.69) is 49.4 Å². The van der Waals surface area contributed by atoms with E-state index in [1.807, 2.05) is 47.0 Å². The van der Waals surface area contributed by atoms with Crippen molar-refractivity contribution in [2.75, 3.05) is 50.2 Å². The molecular weight excluding hydrogens is 478 g/mol. The number of para-hydroxylation sites is 1. The maximum atomic E-state index is 6.57. The summed E-state index contributed by atoms with van der Waals surface area (Å²) < 4.78 is 14.4. The van der Waals surface area contributed by atoms with E-state index in [1.54, 1.807) is 6.20 Å². The smallest absolute Gasteiger partial charge is 0.227 e. The zero-order valence-electron chi connectivity index (χ0n) is 22.8. The van der Waals surface area contributed by atoms with Gasteiger partial charge in [-0.25, -0.2) is 9.97 Å². The van der Waals surface area contributed by atoms with Crippen LogP contribution in [0, 0.1) is 6.92 Å². The number of nitrogens with one attached hydrogen (secondary N) is 2. The largest absolute Gasteiger partial charge is 0.489 e. The molecule has 9 heteroatoms. The van der Waals surface area contributed by atoms with Gasteiger partial charge in [0.2, 0.25) is 5.95 Å². The Bertz CT molecular complexity index is 1440. The number of aromatic nitrogens is 3. The van der Waals surface area contributed by atoms with Crippen LogP contribution in [0.5, 0.6) is 5.75 Å². The molecule has 0 unspecified atom stereocenters. The fourth-order valence-electron chi connectivity index (χ4n) is 4.91. The fraction of sp³-hybridized carbons (Fsp3) is 0.379. The number of nitrogen functional groups attached to an aromatic ring is 1. The van der Waals surface area contributed by atoms with Crippen LogP contribution < -0.4 is 21.1 Å². The van der Waals surface area contributed by atoms with E-state index in [0.29, 0.717) is 30.6 Å². The van der Waals surface area contributed by atoms with Gasteiger partial charge < -0.3 is 35.3 Å². The molecule has 3 heterocycles. The first-order valence-corrected chi connectivity index (χ1v) is 13.1.